The Labute approximate surface area is 146 Å². The van der Waals surface area contributed by atoms with E-state index in [9.17, 15) is 0 Å². The van der Waals surface area contributed by atoms with Crippen LogP contribution in [0.4, 0.5) is 0 Å². The molecule has 2 aromatic heterocycles. The Morgan fingerprint density at radius 1 is 1.29 bits per heavy atom. The lowest BCUT2D eigenvalue weighted by Gasteiger charge is -2.24. The Hall–Kier alpha value is -1.38. The van der Waals surface area contributed by atoms with Gasteiger partial charge in [-0.15, -0.1) is 16.4 Å². The van der Waals surface area contributed by atoms with Gasteiger partial charge in [-0.2, -0.15) is 0 Å². The molecule has 4 heterocycles. The third kappa shape index (κ3) is 3.50. The van der Waals surface area contributed by atoms with Crippen LogP contribution in [0, 0.1) is 12.8 Å². The summed E-state index contributed by atoms with van der Waals surface area (Å²) in [5, 5.41) is 15.8. The molecule has 24 heavy (non-hydrogen) atoms. The van der Waals surface area contributed by atoms with E-state index in [1.807, 2.05) is 4.68 Å². The highest BCUT2D eigenvalue weighted by atomic mass is 32.1. The van der Waals surface area contributed by atoms with Crippen molar-refractivity contribution >= 4 is 11.3 Å². The highest BCUT2D eigenvalue weighted by molar-refractivity contribution is 7.09. The Morgan fingerprint density at radius 3 is 2.96 bits per heavy atom. The van der Waals surface area contributed by atoms with E-state index in [0.717, 1.165) is 56.5 Å². The summed E-state index contributed by atoms with van der Waals surface area (Å²) in [6.07, 6.45) is 4.58. The zero-order chi connectivity index (χ0) is 16.4. The fourth-order valence-corrected chi connectivity index (χ4v) is 4.38. The molecule has 0 bridgehead atoms. The molecule has 2 aromatic rings. The van der Waals surface area contributed by atoms with Gasteiger partial charge in [0.25, 0.3) is 0 Å². The van der Waals surface area contributed by atoms with Crippen molar-refractivity contribution in [2.75, 3.05) is 19.8 Å². The van der Waals surface area contributed by atoms with Crippen LogP contribution < -0.4 is 0 Å². The maximum absolute atomic E-state index is 5.45. The number of ether oxygens (including phenoxy) is 1. The van der Waals surface area contributed by atoms with Gasteiger partial charge in [0.05, 0.1) is 23.3 Å². The lowest BCUT2D eigenvalue weighted by molar-refractivity contribution is 0.0593. The van der Waals surface area contributed by atoms with Crippen molar-refractivity contribution in [1.82, 2.24) is 30.1 Å². The summed E-state index contributed by atoms with van der Waals surface area (Å²) in [6.45, 7) is 6.59. The number of tetrazole rings is 1. The van der Waals surface area contributed by atoms with Gasteiger partial charge in [-0.1, -0.05) is 0 Å². The lowest BCUT2D eigenvalue weighted by Crippen LogP contribution is -2.27. The fourth-order valence-electron chi connectivity index (χ4n) is 3.72. The first kappa shape index (κ1) is 16.1. The van der Waals surface area contributed by atoms with Gasteiger partial charge in [0.15, 0.2) is 5.82 Å². The monoisotopic (exact) mass is 348 g/mol. The summed E-state index contributed by atoms with van der Waals surface area (Å²) in [5.41, 5.74) is 1.21. The van der Waals surface area contributed by atoms with Crippen LogP contribution in [0.3, 0.4) is 0 Å². The molecule has 0 spiro atoms. The first-order chi connectivity index (χ1) is 11.8. The van der Waals surface area contributed by atoms with Crippen molar-refractivity contribution in [2.24, 2.45) is 5.92 Å². The molecule has 0 radical (unpaired) electrons. The molecular weight excluding hydrogens is 324 g/mol. The third-order valence-electron chi connectivity index (χ3n) is 5.06. The Bertz CT molecular complexity index is 665. The van der Waals surface area contributed by atoms with Crippen molar-refractivity contribution < 1.29 is 4.74 Å². The standard InChI is InChI=1S/C16H24N6OS/c1-12-17-14(11-24-12)15-3-2-6-21(15)10-16-18-19-20-22(16)9-13-4-7-23-8-5-13/h11,13,15H,2-10H2,1H3. The van der Waals surface area contributed by atoms with Gasteiger partial charge in [-0.3, -0.25) is 4.90 Å². The summed E-state index contributed by atoms with van der Waals surface area (Å²) < 4.78 is 7.44. The van der Waals surface area contributed by atoms with E-state index >= 15 is 0 Å². The van der Waals surface area contributed by atoms with Gasteiger partial charge in [0.2, 0.25) is 0 Å². The van der Waals surface area contributed by atoms with E-state index in [1.54, 1.807) is 11.3 Å². The molecule has 2 fully saturated rings. The quantitative estimate of drug-likeness (QED) is 0.825. The molecule has 4 rings (SSSR count). The second-order valence-corrected chi connectivity index (χ2v) is 7.82. The maximum atomic E-state index is 5.45. The highest BCUT2D eigenvalue weighted by Gasteiger charge is 2.29. The van der Waals surface area contributed by atoms with Gasteiger partial charge in [0, 0.05) is 25.1 Å². The fraction of sp³-hybridized carbons (Fsp3) is 0.750. The maximum Gasteiger partial charge on any atom is 0.165 e. The number of hydrogen-bond donors (Lipinski definition) is 0. The second kappa shape index (κ2) is 7.25. The average Bonchev–Trinajstić information content (AvgIpc) is 3.31. The summed E-state index contributed by atoms with van der Waals surface area (Å²) in [7, 11) is 0. The highest BCUT2D eigenvalue weighted by Crippen LogP contribution is 2.33. The van der Waals surface area contributed by atoms with Crippen LogP contribution in [0.5, 0.6) is 0 Å². The number of thiazole rings is 1. The van der Waals surface area contributed by atoms with Crippen LogP contribution in [0.15, 0.2) is 5.38 Å². The van der Waals surface area contributed by atoms with Gasteiger partial charge in [-0.25, -0.2) is 9.67 Å². The molecule has 1 atom stereocenters. The smallest absolute Gasteiger partial charge is 0.165 e. The molecule has 2 aliphatic rings. The van der Waals surface area contributed by atoms with E-state index in [0.29, 0.717) is 12.0 Å². The molecule has 0 amide bonds. The van der Waals surface area contributed by atoms with E-state index in [2.05, 4.69) is 32.7 Å². The van der Waals surface area contributed by atoms with Gasteiger partial charge < -0.3 is 4.74 Å². The van der Waals surface area contributed by atoms with Crippen molar-refractivity contribution in [3.8, 4) is 0 Å². The van der Waals surface area contributed by atoms with E-state index < -0.39 is 0 Å². The minimum atomic E-state index is 0.406. The van der Waals surface area contributed by atoms with Gasteiger partial charge in [0.1, 0.15) is 0 Å². The largest absolute Gasteiger partial charge is 0.381 e. The summed E-state index contributed by atoms with van der Waals surface area (Å²) >= 11 is 1.73. The third-order valence-corrected chi connectivity index (χ3v) is 5.86. The van der Waals surface area contributed by atoms with E-state index in [1.165, 1.54) is 18.5 Å². The molecule has 1 unspecified atom stereocenters. The van der Waals surface area contributed by atoms with Crippen LogP contribution in [0.1, 0.15) is 48.3 Å². The van der Waals surface area contributed by atoms with Gasteiger partial charge in [-0.05, 0) is 55.5 Å². The van der Waals surface area contributed by atoms with Crippen molar-refractivity contribution in [1.29, 1.82) is 0 Å². The summed E-state index contributed by atoms with van der Waals surface area (Å²) in [4.78, 5) is 7.17. The molecule has 0 N–H and O–H groups in total. The van der Waals surface area contributed by atoms with E-state index in [-0.39, 0.29) is 0 Å². The van der Waals surface area contributed by atoms with Crippen LogP contribution in [0.2, 0.25) is 0 Å². The number of aryl methyl sites for hydroxylation is 1. The Morgan fingerprint density at radius 2 is 2.17 bits per heavy atom. The lowest BCUT2D eigenvalue weighted by atomic mass is 10.0. The minimum absolute atomic E-state index is 0.406. The van der Waals surface area contributed by atoms with Crippen LogP contribution in [0.25, 0.3) is 0 Å². The molecule has 0 aromatic carbocycles. The van der Waals surface area contributed by atoms with Crippen LogP contribution >= 0.6 is 11.3 Å². The second-order valence-electron chi connectivity index (χ2n) is 6.75. The molecule has 0 aliphatic carbocycles. The molecule has 2 saturated heterocycles. The van der Waals surface area contributed by atoms with Crippen molar-refractivity contribution in [3.05, 3.63) is 21.9 Å². The predicted molar refractivity (Wildman–Crippen MR) is 90.6 cm³/mol. The van der Waals surface area contributed by atoms with Crippen LogP contribution in [-0.4, -0.2) is 49.8 Å². The number of rotatable bonds is 5. The van der Waals surface area contributed by atoms with Crippen molar-refractivity contribution in [3.63, 3.8) is 0 Å². The van der Waals surface area contributed by atoms with Crippen molar-refractivity contribution in [2.45, 2.75) is 51.7 Å². The minimum Gasteiger partial charge on any atom is -0.381 e. The Kier molecular flexibility index (Phi) is 4.86. The molecule has 8 heteroatoms. The van der Waals surface area contributed by atoms with Gasteiger partial charge >= 0.3 is 0 Å². The zero-order valence-corrected chi connectivity index (χ0v) is 14.9. The van der Waals surface area contributed by atoms with E-state index in [4.69, 9.17) is 9.72 Å². The summed E-state index contributed by atoms with van der Waals surface area (Å²) in [6, 6.07) is 0.406. The first-order valence-corrected chi connectivity index (χ1v) is 9.66. The van der Waals surface area contributed by atoms with Crippen LogP contribution in [-0.2, 0) is 17.8 Å². The number of nitrogens with zero attached hydrogens (tertiary/aromatic N) is 6. The number of hydrogen-bond acceptors (Lipinski definition) is 7. The normalized spacial score (nSPS) is 23.1. The molecule has 130 valence electrons. The number of likely N-dealkylation sites (tertiary alicyclic amines) is 1. The molecule has 7 nitrogen and oxygen atoms in total. The predicted octanol–water partition coefficient (Wildman–Crippen LogP) is 2.20. The molecular formula is C16H24N6OS. The Balaban J connectivity index is 1.44. The summed E-state index contributed by atoms with van der Waals surface area (Å²) in [5.74, 6) is 1.59. The first-order valence-electron chi connectivity index (χ1n) is 8.78. The number of aromatic nitrogens is 5. The SMILES string of the molecule is Cc1nc(C2CCCN2Cc2nnnn2CC2CCOCC2)cs1. The molecule has 0 saturated carbocycles. The zero-order valence-electron chi connectivity index (χ0n) is 14.1. The topological polar surface area (TPSA) is 69.0 Å². The molecule has 2 aliphatic heterocycles. The average molecular weight is 348 g/mol.